The molecule has 2 aliphatic rings. The Morgan fingerprint density at radius 3 is 2.79 bits per heavy atom. The Labute approximate surface area is 199 Å². The van der Waals surface area contributed by atoms with Crippen LogP contribution in [0, 0.1) is 0 Å². The number of H-pyrrole nitrogens is 2. The average molecular weight is 464 g/mol. The fraction of sp³-hybridized carbons (Fsp3) is 0.500. The number of carbonyl (C=O) groups is 2. The standard InChI is InChI=1S/C26H33N5O3/c1-5-17-7-6-8-20-18(17)13-22(27-20)24(32)31-12-9-21-19(14-31)23(29-28-21)25(33)30(4)26(10-11-26)15-34-16(2)3/h6-8,13,16,27H,5,9-12,14-15H2,1-4H3,(H,28,29). The summed E-state index contributed by atoms with van der Waals surface area (Å²) in [6, 6.07) is 8.06. The number of nitrogens with one attached hydrogen (secondary N) is 2. The van der Waals surface area contributed by atoms with Crippen LogP contribution >= 0.6 is 0 Å². The van der Waals surface area contributed by atoms with Crippen LogP contribution in [-0.4, -0.2) is 68.6 Å². The van der Waals surface area contributed by atoms with Crippen LogP contribution in [-0.2, 0) is 24.1 Å². The van der Waals surface area contributed by atoms with E-state index in [-0.39, 0.29) is 23.5 Å². The number of benzene rings is 1. The summed E-state index contributed by atoms with van der Waals surface area (Å²) in [7, 11) is 1.83. The van der Waals surface area contributed by atoms with Gasteiger partial charge >= 0.3 is 0 Å². The lowest BCUT2D eigenvalue weighted by Gasteiger charge is -2.30. The van der Waals surface area contributed by atoms with Crippen LogP contribution in [0.4, 0.5) is 0 Å². The van der Waals surface area contributed by atoms with E-state index in [9.17, 15) is 9.59 Å². The number of carbonyl (C=O) groups excluding carboxylic acids is 2. The van der Waals surface area contributed by atoms with Gasteiger partial charge in [0, 0.05) is 42.2 Å². The minimum absolute atomic E-state index is 0.0548. The number of likely N-dealkylation sites (N-methyl/N-ethyl adjacent to an activating group) is 1. The molecule has 0 radical (unpaired) electrons. The summed E-state index contributed by atoms with van der Waals surface area (Å²) in [4.78, 5) is 33.7. The number of fused-ring (bicyclic) bond motifs is 2. The van der Waals surface area contributed by atoms with Gasteiger partial charge in [0.1, 0.15) is 5.69 Å². The lowest BCUT2D eigenvalue weighted by Crippen LogP contribution is -2.43. The van der Waals surface area contributed by atoms with Gasteiger partial charge in [-0.05, 0) is 50.8 Å². The number of rotatable bonds is 7. The third-order valence-corrected chi connectivity index (χ3v) is 7.32. The van der Waals surface area contributed by atoms with Crippen molar-refractivity contribution in [2.75, 3.05) is 20.2 Å². The average Bonchev–Trinajstić information content (AvgIpc) is 3.31. The van der Waals surface area contributed by atoms with E-state index in [0.717, 1.165) is 41.4 Å². The summed E-state index contributed by atoms with van der Waals surface area (Å²) in [5.41, 5.74) is 4.69. The number of ether oxygens (including phenoxy) is 1. The Morgan fingerprint density at radius 1 is 1.29 bits per heavy atom. The second-order valence-corrected chi connectivity index (χ2v) is 9.87. The van der Waals surface area contributed by atoms with E-state index in [1.165, 1.54) is 5.56 Å². The number of hydrogen-bond acceptors (Lipinski definition) is 4. The number of aryl methyl sites for hydroxylation is 1. The molecular weight excluding hydrogens is 430 g/mol. The maximum absolute atomic E-state index is 13.4. The third-order valence-electron chi connectivity index (χ3n) is 7.32. The molecule has 0 spiro atoms. The fourth-order valence-electron chi connectivity index (χ4n) is 4.87. The second kappa shape index (κ2) is 8.58. The van der Waals surface area contributed by atoms with Crippen LogP contribution in [0.3, 0.4) is 0 Å². The molecule has 2 aromatic heterocycles. The molecule has 8 nitrogen and oxygen atoms in total. The summed E-state index contributed by atoms with van der Waals surface area (Å²) >= 11 is 0. The van der Waals surface area contributed by atoms with E-state index in [4.69, 9.17) is 4.74 Å². The topological polar surface area (TPSA) is 94.3 Å². The van der Waals surface area contributed by atoms with E-state index in [1.54, 1.807) is 9.80 Å². The van der Waals surface area contributed by atoms with Gasteiger partial charge in [-0.15, -0.1) is 0 Å². The van der Waals surface area contributed by atoms with Gasteiger partial charge in [-0.2, -0.15) is 5.10 Å². The second-order valence-electron chi connectivity index (χ2n) is 9.87. The quantitative estimate of drug-likeness (QED) is 0.559. The largest absolute Gasteiger partial charge is 0.376 e. The molecule has 0 unspecified atom stereocenters. The Morgan fingerprint density at radius 2 is 2.09 bits per heavy atom. The molecule has 3 aromatic rings. The van der Waals surface area contributed by atoms with Gasteiger partial charge in [0.05, 0.1) is 24.8 Å². The van der Waals surface area contributed by atoms with Crippen LogP contribution in [0.15, 0.2) is 24.3 Å². The van der Waals surface area contributed by atoms with Crippen molar-refractivity contribution in [3.63, 3.8) is 0 Å². The molecule has 34 heavy (non-hydrogen) atoms. The van der Waals surface area contributed by atoms with Crippen molar-refractivity contribution in [1.82, 2.24) is 25.0 Å². The summed E-state index contributed by atoms with van der Waals surface area (Å²) in [6.07, 6.45) is 3.54. The van der Waals surface area contributed by atoms with E-state index in [2.05, 4.69) is 28.2 Å². The molecule has 1 saturated carbocycles. The van der Waals surface area contributed by atoms with Gasteiger partial charge < -0.3 is 19.5 Å². The number of hydrogen-bond donors (Lipinski definition) is 2. The highest BCUT2D eigenvalue weighted by Crippen LogP contribution is 2.42. The maximum Gasteiger partial charge on any atom is 0.274 e. The van der Waals surface area contributed by atoms with Crippen molar-refractivity contribution in [3.8, 4) is 0 Å². The van der Waals surface area contributed by atoms with Crippen molar-refractivity contribution in [2.24, 2.45) is 0 Å². The zero-order valence-electron chi connectivity index (χ0n) is 20.4. The molecule has 0 atom stereocenters. The van der Waals surface area contributed by atoms with Crippen molar-refractivity contribution in [2.45, 2.75) is 64.6 Å². The number of aromatic amines is 2. The molecule has 1 aromatic carbocycles. The predicted molar refractivity (Wildman–Crippen MR) is 130 cm³/mol. The van der Waals surface area contributed by atoms with Crippen molar-refractivity contribution >= 4 is 22.7 Å². The summed E-state index contributed by atoms with van der Waals surface area (Å²) in [6.45, 7) is 7.60. The minimum atomic E-state index is -0.251. The lowest BCUT2D eigenvalue weighted by atomic mass is 10.0. The highest BCUT2D eigenvalue weighted by Gasteiger charge is 2.50. The summed E-state index contributed by atoms with van der Waals surface area (Å²) < 4.78 is 5.83. The molecule has 180 valence electrons. The maximum atomic E-state index is 13.4. The number of amides is 2. The third kappa shape index (κ3) is 3.90. The van der Waals surface area contributed by atoms with Gasteiger partial charge in [0.2, 0.25) is 0 Å². The highest BCUT2D eigenvalue weighted by molar-refractivity contribution is 5.99. The van der Waals surface area contributed by atoms with Gasteiger partial charge in [0.25, 0.3) is 11.8 Å². The first kappa shape index (κ1) is 22.7. The SMILES string of the molecule is CCc1cccc2[nH]c(C(=O)N3CCc4[nH]nc(C(=O)N(C)C5(COC(C)C)CC5)c4C3)cc12. The first-order chi connectivity index (χ1) is 16.3. The number of nitrogens with zero attached hydrogens (tertiary/aromatic N) is 3. The van der Waals surface area contributed by atoms with Crippen LogP contribution in [0.1, 0.15) is 71.4 Å². The molecule has 2 N–H and O–H groups in total. The van der Waals surface area contributed by atoms with Crippen LogP contribution in [0.25, 0.3) is 10.9 Å². The molecule has 0 saturated heterocycles. The van der Waals surface area contributed by atoms with Crippen LogP contribution in [0.2, 0.25) is 0 Å². The molecule has 1 fully saturated rings. The highest BCUT2D eigenvalue weighted by atomic mass is 16.5. The molecule has 3 heterocycles. The first-order valence-electron chi connectivity index (χ1n) is 12.2. The van der Waals surface area contributed by atoms with Gasteiger partial charge in [-0.3, -0.25) is 14.7 Å². The Balaban J connectivity index is 1.35. The zero-order valence-corrected chi connectivity index (χ0v) is 20.4. The van der Waals surface area contributed by atoms with Gasteiger partial charge in [-0.25, -0.2) is 0 Å². The number of aromatic nitrogens is 3. The van der Waals surface area contributed by atoms with E-state index in [1.807, 2.05) is 39.1 Å². The van der Waals surface area contributed by atoms with E-state index < -0.39 is 0 Å². The Kier molecular flexibility index (Phi) is 5.72. The molecule has 5 rings (SSSR count). The van der Waals surface area contributed by atoms with Crippen LogP contribution in [0.5, 0.6) is 0 Å². The summed E-state index contributed by atoms with van der Waals surface area (Å²) in [5.74, 6) is -0.171. The predicted octanol–water partition coefficient (Wildman–Crippen LogP) is 3.68. The Hall–Kier alpha value is -3.13. The lowest BCUT2D eigenvalue weighted by molar-refractivity contribution is 0.0200. The minimum Gasteiger partial charge on any atom is -0.376 e. The molecule has 2 amide bonds. The van der Waals surface area contributed by atoms with Gasteiger partial charge in [0.15, 0.2) is 5.69 Å². The smallest absolute Gasteiger partial charge is 0.274 e. The fourth-order valence-corrected chi connectivity index (χ4v) is 4.87. The zero-order chi connectivity index (χ0) is 24.0. The first-order valence-corrected chi connectivity index (χ1v) is 12.2. The van der Waals surface area contributed by atoms with Crippen molar-refractivity contribution in [3.05, 3.63) is 52.5 Å². The molecular formula is C26H33N5O3. The summed E-state index contributed by atoms with van der Waals surface area (Å²) in [5, 5.41) is 8.51. The van der Waals surface area contributed by atoms with Crippen molar-refractivity contribution in [1.29, 1.82) is 0 Å². The van der Waals surface area contributed by atoms with E-state index >= 15 is 0 Å². The van der Waals surface area contributed by atoms with Crippen LogP contribution < -0.4 is 0 Å². The molecule has 1 aliphatic carbocycles. The monoisotopic (exact) mass is 463 g/mol. The molecule has 0 bridgehead atoms. The van der Waals surface area contributed by atoms with Gasteiger partial charge in [-0.1, -0.05) is 19.1 Å². The van der Waals surface area contributed by atoms with Crippen molar-refractivity contribution < 1.29 is 14.3 Å². The molecule has 1 aliphatic heterocycles. The van der Waals surface area contributed by atoms with E-state index in [0.29, 0.717) is 37.5 Å². The Bertz CT molecular complexity index is 1240. The molecule has 8 heteroatoms. The normalized spacial score (nSPS) is 16.7.